The molecule has 2 atom stereocenters. The van der Waals surface area contributed by atoms with Crippen LogP contribution in [0.15, 0.2) is 42.5 Å². The minimum atomic E-state index is 0.148. The molecule has 2 aromatic carbocycles. The summed E-state index contributed by atoms with van der Waals surface area (Å²) >= 11 is 12.1. The second kappa shape index (κ2) is 7.31. The van der Waals surface area contributed by atoms with E-state index >= 15 is 0 Å². The van der Waals surface area contributed by atoms with E-state index in [0.717, 1.165) is 12.8 Å². The maximum absolute atomic E-state index is 6.19. The summed E-state index contributed by atoms with van der Waals surface area (Å²) in [4.78, 5) is 0. The lowest BCUT2D eigenvalue weighted by atomic mass is 9.77. The summed E-state index contributed by atoms with van der Waals surface area (Å²) in [6.07, 6.45) is 2.05. The van der Waals surface area contributed by atoms with Crippen LogP contribution in [-0.4, -0.2) is 0 Å². The fourth-order valence-corrected chi connectivity index (χ4v) is 3.21. The molecule has 21 heavy (non-hydrogen) atoms. The molecule has 2 aromatic rings. The Hall–Kier alpha value is -1.02. The molecule has 0 unspecified atom stereocenters. The Morgan fingerprint density at radius 3 is 2.24 bits per heavy atom. The fourth-order valence-electron chi connectivity index (χ4n) is 2.90. The lowest BCUT2D eigenvalue weighted by Gasteiger charge is -2.30. The summed E-state index contributed by atoms with van der Waals surface area (Å²) in [5.74, 6) is 0.366. The van der Waals surface area contributed by atoms with Crippen molar-refractivity contribution in [2.75, 3.05) is 0 Å². The predicted molar refractivity (Wildman–Crippen MR) is 92.3 cm³/mol. The van der Waals surface area contributed by atoms with Crippen LogP contribution in [-0.2, 0) is 0 Å². The first-order valence-electron chi connectivity index (χ1n) is 7.46. The zero-order valence-electron chi connectivity index (χ0n) is 12.4. The average Bonchev–Trinajstić information content (AvgIpc) is 2.53. The van der Waals surface area contributed by atoms with Crippen LogP contribution >= 0.6 is 23.2 Å². The summed E-state index contributed by atoms with van der Waals surface area (Å²) in [5.41, 5.74) is 9.98. The molecule has 112 valence electrons. The predicted octanol–water partition coefficient (Wildman–Crippen LogP) is 5.95. The molecule has 3 heteroatoms. The number of rotatable bonds is 1. The highest BCUT2D eigenvalue weighted by molar-refractivity contribution is 6.42. The molecule has 0 spiro atoms. The number of fused-ring (bicyclic) bond motifs is 1. The van der Waals surface area contributed by atoms with Gasteiger partial charge in [0.05, 0.1) is 10.0 Å². The van der Waals surface area contributed by atoms with Crippen molar-refractivity contribution in [2.45, 2.75) is 38.6 Å². The number of hydrogen-bond acceptors (Lipinski definition) is 1. The van der Waals surface area contributed by atoms with Gasteiger partial charge in [0.2, 0.25) is 0 Å². The minimum absolute atomic E-state index is 0.148. The lowest BCUT2D eigenvalue weighted by molar-refractivity contribution is 0.530. The lowest BCUT2D eigenvalue weighted by Crippen LogP contribution is -2.20. The van der Waals surface area contributed by atoms with Crippen LogP contribution < -0.4 is 5.73 Å². The monoisotopic (exact) mass is 321 g/mol. The summed E-state index contributed by atoms with van der Waals surface area (Å²) in [7, 11) is 0. The Kier molecular flexibility index (Phi) is 5.69. The molecule has 0 radical (unpaired) electrons. The molecule has 0 heterocycles. The minimum Gasteiger partial charge on any atom is -0.324 e. The normalized spacial score (nSPS) is 20.2. The van der Waals surface area contributed by atoms with Crippen molar-refractivity contribution in [1.82, 2.24) is 0 Å². The molecular formula is C18H21Cl2N. The second-order valence-corrected chi connectivity index (χ2v) is 5.85. The van der Waals surface area contributed by atoms with E-state index in [4.69, 9.17) is 28.9 Å². The molecule has 0 saturated heterocycles. The van der Waals surface area contributed by atoms with E-state index in [1.807, 2.05) is 26.0 Å². The number of nitrogens with two attached hydrogens (primary N) is 1. The van der Waals surface area contributed by atoms with Gasteiger partial charge in [-0.3, -0.25) is 0 Å². The molecule has 3 rings (SSSR count). The van der Waals surface area contributed by atoms with Gasteiger partial charge in [0, 0.05) is 12.0 Å². The van der Waals surface area contributed by atoms with Crippen LogP contribution in [0.5, 0.6) is 0 Å². The van der Waals surface area contributed by atoms with Crippen LogP contribution in [0.2, 0.25) is 10.0 Å². The fraction of sp³-hybridized carbons (Fsp3) is 0.333. The van der Waals surface area contributed by atoms with Gasteiger partial charge in [-0.25, -0.2) is 0 Å². The first kappa shape index (κ1) is 16.4. The SMILES string of the molecule is CC.N[C@H]1CC[C@@H](c2ccc(Cl)c(Cl)c2)c2ccccc21. The van der Waals surface area contributed by atoms with Crippen molar-refractivity contribution in [3.05, 3.63) is 69.2 Å². The summed E-state index contributed by atoms with van der Waals surface area (Å²) in [6, 6.07) is 14.5. The van der Waals surface area contributed by atoms with E-state index in [0.29, 0.717) is 16.0 Å². The van der Waals surface area contributed by atoms with Crippen LogP contribution in [0.4, 0.5) is 0 Å². The molecular weight excluding hydrogens is 301 g/mol. The van der Waals surface area contributed by atoms with Gasteiger partial charge >= 0.3 is 0 Å². The zero-order chi connectivity index (χ0) is 15.4. The van der Waals surface area contributed by atoms with Crippen molar-refractivity contribution in [1.29, 1.82) is 0 Å². The summed E-state index contributed by atoms with van der Waals surface area (Å²) < 4.78 is 0. The van der Waals surface area contributed by atoms with Crippen molar-refractivity contribution >= 4 is 23.2 Å². The Morgan fingerprint density at radius 2 is 1.57 bits per heavy atom. The number of halogens is 2. The van der Waals surface area contributed by atoms with Crippen molar-refractivity contribution in [3.8, 4) is 0 Å². The van der Waals surface area contributed by atoms with Gasteiger partial charge < -0.3 is 5.73 Å². The highest BCUT2D eigenvalue weighted by Gasteiger charge is 2.26. The zero-order valence-corrected chi connectivity index (χ0v) is 14.0. The van der Waals surface area contributed by atoms with E-state index in [1.165, 1.54) is 16.7 Å². The third-order valence-corrected chi connectivity index (χ3v) is 4.62. The van der Waals surface area contributed by atoms with Crippen LogP contribution in [0.3, 0.4) is 0 Å². The molecule has 0 bridgehead atoms. The first-order chi connectivity index (χ1) is 10.2. The van der Waals surface area contributed by atoms with Gasteiger partial charge in [0.1, 0.15) is 0 Å². The molecule has 0 aliphatic heterocycles. The van der Waals surface area contributed by atoms with Gasteiger partial charge in [-0.1, -0.05) is 67.4 Å². The molecule has 0 fully saturated rings. The van der Waals surface area contributed by atoms with Gasteiger partial charge in [0.15, 0.2) is 0 Å². The van der Waals surface area contributed by atoms with Gasteiger partial charge in [-0.05, 0) is 41.7 Å². The van der Waals surface area contributed by atoms with Gasteiger partial charge in [-0.2, -0.15) is 0 Å². The standard InChI is InChI=1S/C16H15Cl2N.C2H6/c17-14-7-5-10(9-15(14)18)11-6-8-16(19)13-4-2-1-3-12(11)13;1-2/h1-5,7,9,11,16H,6,8,19H2;1-2H3/t11-,16-;/m0./s1. The van der Waals surface area contributed by atoms with Gasteiger partial charge in [0.25, 0.3) is 0 Å². The molecule has 1 nitrogen and oxygen atoms in total. The Morgan fingerprint density at radius 1 is 0.905 bits per heavy atom. The highest BCUT2D eigenvalue weighted by atomic mass is 35.5. The van der Waals surface area contributed by atoms with Crippen molar-refractivity contribution in [3.63, 3.8) is 0 Å². The molecule has 1 aliphatic rings. The first-order valence-corrected chi connectivity index (χ1v) is 8.22. The second-order valence-electron chi connectivity index (χ2n) is 5.04. The topological polar surface area (TPSA) is 26.0 Å². The highest BCUT2D eigenvalue weighted by Crippen LogP contribution is 2.41. The third-order valence-electron chi connectivity index (χ3n) is 3.88. The third kappa shape index (κ3) is 3.42. The quantitative estimate of drug-likeness (QED) is 0.690. The molecule has 0 amide bonds. The number of benzene rings is 2. The smallest absolute Gasteiger partial charge is 0.0595 e. The van der Waals surface area contributed by atoms with Crippen molar-refractivity contribution < 1.29 is 0 Å². The van der Waals surface area contributed by atoms with E-state index < -0.39 is 0 Å². The van der Waals surface area contributed by atoms with Crippen LogP contribution in [0, 0.1) is 0 Å². The maximum atomic E-state index is 6.19. The molecule has 2 N–H and O–H groups in total. The van der Waals surface area contributed by atoms with Gasteiger partial charge in [-0.15, -0.1) is 0 Å². The molecule has 0 saturated carbocycles. The van der Waals surface area contributed by atoms with Crippen LogP contribution in [0.25, 0.3) is 0 Å². The summed E-state index contributed by atoms with van der Waals surface area (Å²) in [5, 5.41) is 1.22. The number of hydrogen-bond donors (Lipinski definition) is 1. The largest absolute Gasteiger partial charge is 0.324 e. The Labute approximate surface area is 137 Å². The Balaban J connectivity index is 0.000000774. The summed E-state index contributed by atoms with van der Waals surface area (Å²) in [6.45, 7) is 4.00. The van der Waals surface area contributed by atoms with E-state index in [-0.39, 0.29) is 6.04 Å². The molecule has 1 aliphatic carbocycles. The molecule has 0 aromatic heterocycles. The van der Waals surface area contributed by atoms with Crippen LogP contribution in [0.1, 0.15) is 55.3 Å². The Bertz CT molecular complexity index is 610. The van der Waals surface area contributed by atoms with E-state index in [9.17, 15) is 0 Å². The van der Waals surface area contributed by atoms with Crippen molar-refractivity contribution in [2.24, 2.45) is 5.73 Å². The average molecular weight is 322 g/mol. The van der Waals surface area contributed by atoms with E-state index in [2.05, 4.69) is 30.3 Å². The maximum Gasteiger partial charge on any atom is 0.0595 e. The van der Waals surface area contributed by atoms with E-state index in [1.54, 1.807) is 0 Å².